The normalized spacial score (nSPS) is 11.2. The molecule has 6 nitrogen and oxygen atoms in total. The van der Waals surface area contributed by atoms with Gasteiger partial charge < -0.3 is 0 Å². The first-order valence-electron chi connectivity index (χ1n) is 6.74. The molecule has 0 atom stereocenters. The first-order chi connectivity index (χ1) is 10.9. The quantitative estimate of drug-likeness (QED) is 0.534. The van der Waals surface area contributed by atoms with Crippen LogP contribution in [0.1, 0.15) is 28.4 Å². The van der Waals surface area contributed by atoms with Crippen LogP contribution in [0.4, 0.5) is 10.1 Å². The second kappa shape index (κ2) is 6.78. The number of nitrogens with zero attached hydrogens (tertiary/aromatic N) is 2. The Morgan fingerprint density at radius 1 is 1.17 bits per heavy atom. The van der Waals surface area contributed by atoms with E-state index in [1.807, 2.05) is 0 Å². The number of halogens is 1. The van der Waals surface area contributed by atoms with E-state index < -0.39 is 16.6 Å². The molecule has 7 heteroatoms. The highest BCUT2D eigenvalue weighted by Gasteiger charge is 2.12. The number of nitrogens with one attached hydrogen (secondary N) is 1. The number of carbonyl (C=O) groups is 1. The number of aryl methyl sites for hydroxylation is 1. The topological polar surface area (TPSA) is 84.6 Å². The van der Waals surface area contributed by atoms with Crippen LogP contribution in [0, 0.1) is 22.9 Å². The minimum atomic E-state index is -0.494. The molecule has 23 heavy (non-hydrogen) atoms. The van der Waals surface area contributed by atoms with Crippen LogP contribution in [0.3, 0.4) is 0 Å². The Kier molecular flexibility index (Phi) is 4.80. The monoisotopic (exact) mass is 315 g/mol. The van der Waals surface area contributed by atoms with Crippen LogP contribution in [-0.2, 0) is 0 Å². The molecule has 0 aliphatic carbocycles. The fourth-order valence-electron chi connectivity index (χ4n) is 1.90. The predicted octanol–water partition coefficient (Wildman–Crippen LogP) is 3.20. The highest BCUT2D eigenvalue weighted by Crippen LogP contribution is 2.19. The van der Waals surface area contributed by atoms with Crippen molar-refractivity contribution >= 4 is 17.3 Å². The van der Waals surface area contributed by atoms with Gasteiger partial charge in [-0.15, -0.1) is 0 Å². The van der Waals surface area contributed by atoms with Gasteiger partial charge in [-0.1, -0.05) is 12.1 Å². The van der Waals surface area contributed by atoms with Gasteiger partial charge in [-0.2, -0.15) is 5.10 Å². The zero-order valence-corrected chi connectivity index (χ0v) is 12.5. The molecule has 0 saturated carbocycles. The number of nitro benzene ring substituents is 1. The molecule has 1 N–H and O–H groups in total. The maximum atomic E-state index is 12.8. The van der Waals surface area contributed by atoms with Crippen LogP contribution in [-0.4, -0.2) is 16.5 Å². The number of hydrogen-bond acceptors (Lipinski definition) is 4. The molecule has 0 spiro atoms. The molecule has 0 unspecified atom stereocenters. The summed E-state index contributed by atoms with van der Waals surface area (Å²) in [6.07, 6.45) is 0. The summed E-state index contributed by atoms with van der Waals surface area (Å²) >= 11 is 0. The van der Waals surface area contributed by atoms with Gasteiger partial charge in [-0.05, 0) is 38.1 Å². The van der Waals surface area contributed by atoms with Crippen molar-refractivity contribution in [3.8, 4) is 0 Å². The maximum absolute atomic E-state index is 12.8. The van der Waals surface area contributed by atoms with Crippen LogP contribution in [0.15, 0.2) is 47.6 Å². The third-order valence-electron chi connectivity index (χ3n) is 3.26. The standard InChI is InChI=1S/C16H14FN3O3/c1-10-3-4-13(9-15(10)20(22)23)11(2)18-19-16(21)12-5-7-14(17)8-6-12/h3-9H,1-2H3,(H,19,21)/b18-11-. The Hall–Kier alpha value is -3.09. The van der Waals surface area contributed by atoms with Crippen molar-refractivity contribution in [3.63, 3.8) is 0 Å². The summed E-state index contributed by atoms with van der Waals surface area (Å²) in [7, 11) is 0. The van der Waals surface area contributed by atoms with E-state index in [2.05, 4.69) is 10.5 Å². The number of hydrogen-bond donors (Lipinski definition) is 1. The van der Waals surface area contributed by atoms with E-state index in [0.29, 0.717) is 16.8 Å². The van der Waals surface area contributed by atoms with Gasteiger partial charge in [-0.3, -0.25) is 14.9 Å². The number of nitro groups is 1. The lowest BCUT2D eigenvalue weighted by Crippen LogP contribution is -2.19. The Labute approximate surface area is 131 Å². The van der Waals surface area contributed by atoms with Gasteiger partial charge in [0, 0.05) is 22.8 Å². The first-order valence-corrected chi connectivity index (χ1v) is 6.74. The summed E-state index contributed by atoms with van der Waals surface area (Å²) in [5, 5.41) is 14.9. The van der Waals surface area contributed by atoms with Gasteiger partial charge in [0.2, 0.25) is 0 Å². The zero-order valence-electron chi connectivity index (χ0n) is 12.5. The second-order valence-corrected chi connectivity index (χ2v) is 4.90. The minimum Gasteiger partial charge on any atom is -0.267 e. The average molecular weight is 315 g/mol. The van der Waals surface area contributed by atoms with E-state index in [0.717, 1.165) is 0 Å². The molecule has 0 aromatic heterocycles. The first kappa shape index (κ1) is 16.3. The Morgan fingerprint density at radius 2 is 1.78 bits per heavy atom. The molecular weight excluding hydrogens is 301 g/mol. The number of benzene rings is 2. The largest absolute Gasteiger partial charge is 0.272 e. The lowest BCUT2D eigenvalue weighted by molar-refractivity contribution is -0.385. The van der Waals surface area contributed by atoms with Gasteiger partial charge in [0.15, 0.2) is 0 Å². The Morgan fingerprint density at radius 3 is 2.39 bits per heavy atom. The summed E-state index contributed by atoms with van der Waals surface area (Å²) in [5.41, 5.74) is 4.08. The van der Waals surface area contributed by atoms with Crippen molar-refractivity contribution in [2.75, 3.05) is 0 Å². The van der Waals surface area contributed by atoms with Crippen molar-refractivity contribution in [2.45, 2.75) is 13.8 Å². The summed E-state index contributed by atoms with van der Waals surface area (Å²) in [6.45, 7) is 3.27. The molecule has 0 bridgehead atoms. The third-order valence-corrected chi connectivity index (χ3v) is 3.26. The molecule has 0 aliphatic heterocycles. The molecule has 0 fully saturated rings. The van der Waals surface area contributed by atoms with Crippen molar-refractivity contribution in [3.05, 3.63) is 75.1 Å². The molecule has 118 valence electrons. The SMILES string of the molecule is C/C(=N/NC(=O)c1ccc(F)cc1)c1ccc(C)c([N+](=O)[O-])c1. The summed E-state index contributed by atoms with van der Waals surface area (Å²) in [4.78, 5) is 22.3. The average Bonchev–Trinajstić information content (AvgIpc) is 2.53. The molecule has 0 aliphatic rings. The van der Waals surface area contributed by atoms with Crippen LogP contribution in [0.25, 0.3) is 0 Å². The van der Waals surface area contributed by atoms with Gasteiger partial charge in [0.1, 0.15) is 5.82 Å². The Bertz CT molecular complexity index is 786. The third kappa shape index (κ3) is 3.97. The van der Waals surface area contributed by atoms with Gasteiger partial charge in [-0.25, -0.2) is 9.82 Å². The van der Waals surface area contributed by atoms with Crippen molar-refractivity contribution in [1.29, 1.82) is 0 Å². The van der Waals surface area contributed by atoms with Crippen LogP contribution < -0.4 is 5.43 Å². The second-order valence-electron chi connectivity index (χ2n) is 4.90. The van der Waals surface area contributed by atoms with E-state index in [-0.39, 0.29) is 11.3 Å². The summed E-state index contributed by atoms with van der Waals surface area (Å²) < 4.78 is 12.8. The van der Waals surface area contributed by atoms with Gasteiger partial charge >= 0.3 is 0 Å². The molecule has 2 aromatic rings. The summed E-state index contributed by atoms with van der Waals surface area (Å²) in [5.74, 6) is -0.931. The van der Waals surface area contributed by atoms with Crippen molar-refractivity contribution in [1.82, 2.24) is 5.43 Å². The van der Waals surface area contributed by atoms with Gasteiger partial charge in [0.05, 0.1) is 10.6 Å². The lowest BCUT2D eigenvalue weighted by Gasteiger charge is -2.04. The molecule has 0 saturated heterocycles. The maximum Gasteiger partial charge on any atom is 0.272 e. The molecule has 1 amide bonds. The van der Waals surface area contributed by atoms with Crippen LogP contribution in [0.2, 0.25) is 0 Å². The highest BCUT2D eigenvalue weighted by molar-refractivity contribution is 6.01. The van der Waals surface area contributed by atoms with Crippen molar-refractivity contribution < 1.29 is 14.1 Å². The van der Waals surface area contributed by atoms with E-state index >= 15 is 0 Å². The van der Waals surface area contributed by atoms with Gasteiger partial charge in [0.25, 0.3) is 11.6 Å². The molecular formula is C16H14FN3O3. The predicted molar refractivity (Wildman–Crippen MR) is 83.9 cm³/mol. The molecule has 2 aromatic carbocycles. The highest BCUT2D eigenvalue weighted by atomic mass is 19.1. The smallest absolute Gasteiger partial charge is 0.267 e. The van der Waals surface area contributed by atoms with Crippen LogP contribution in [0.5, 0.6) is 0 Å². The number of amides is 1. The number of rotatable bonds is 4. The minimum absolute atomic E-state index is 0.0121. The fraction of sp³-hybridized carbons (Fsp3) is 0.125. The summed E-state index contributed by atoms with van der Waals surface area (Å²) in [6, 6.07) is 9.74. The lowest BCUT2D eigenvalue weighted by atomic mass is 10.1. The number of carbonyl (C=O) groups excluding carboxylic acids is 1. The van der Waals surface area contributed by atoms with E-state index in [9.17, 15) is 19.3 Å². The van der Waals surface area contributed by atoms with Crippen molar-refractivity contribution in [2.24, 2.45) is 5.10 Å². The molecule has 0 heterocycles. The van der Waals surface area contributed by atoms with Crippen LogP contribution >= 0.6 is 0 Å². The van der Waals surface area contributed by atoms with E-state index in [1.165, 1.54) is 30.3 Å². The Balaban J connectivity index is 2.16. The molecule has 0 radical (unpaired) electrons. The fourth-order valence-corrected chi connectivity index (χ4v) is 1.90. The molecule has 2 rings (SSSR count). The van der Waals surface area contributed by atoms with E-state index in [4.69, 9.17) is 0 Å². The van der Waals surface area contributed by atoms with E-state index in [1.54, 1.807) is 26.0 Å². The number of hydrazone groups is 1. The zero-order chi connectivity index (χ0) is 17.0.